The van der Waals surface area contributed by atoms with E-state index in [-0.39, 0.29) is 17.9 Å². The Balaban J connectivity index is 1.68. The van der Waals surface area contributed by atoms with Crippen LogP contribution in [0.25, 0.3) is 6.08 Å². The molecule has 1 fully saturated rings. The van der Waals surface area contributed by atoms with Crippen LogP contribution in [0, 0.1) is 0 Å². The molecule has 130 valence electrons. The van der Waals surface area contributed by atoms with E-state index in [0.717, 1.165) is 37.9 Å². The molecule has 6 heteroatoms. The second kappa shape index (κ2) is 9.17. The summed E-state index contributed by atoms with van der Waals surface area (Å²) in [5.74, 6) is 0.0750. The van der Waals surface area contributed by atoms with Crippen LogP contribution >= 0.6 is 0 Å². The van der Waals surface area contributed by atoms with Crippen molar-refractivity contribution < 1.29 is 9.59 Å². The van der Waals surface area contributed by atoms with Gasteiger partial charge < -0.3 is 10.2 Å². The van der Waals surface area contributed by atoms with Crippen LogP contribution < -0.4 is 5.32 Å². The third kappa shape index (κ3) is 5.45. The summed E-state index contributed by atoms with van der Waals surface area (Å²) >= 11 is 0. The number of rotatable bonds is 7. The molecular weight excluding hydrogens is 304 g/mol. The van der Waals surface area contributed by atoms with E-state index in [2.05, 4.69) is 15.2 Å². The summed E-state index contributed by atoms with van der Waals surface area (Å²) in [4.78, 5) is 31.7. The van der Waals surface area contributed by atoms with E-state index in [1.54, 1.807) is 37.5 Å². The fraction of sp³-hybridized carbons (Fsp3) is 0.500. The number of carbonyl (C=O) groups is 2. The highest BCUT2D eigenvalue weighted by Gasteiger charge is 2.30. The lowest BCUT2D eigenvalue weighted by atomic mass is 10.2. The van der Waals surface area contributed by atoms with Crippen molar-refractivity contribution in [2.75, 3.05) is 33.7 Å². The van der Waals surface area contributed by atoms with Crippen molar-refractivity contribution in [1.29, 1.82) is 0 Å². The number of aromatic nitrogens is 1. The van der Waals surface area contributed by atoms with Crippen molar-refractivity contribution >= 4 is 17.9 Å². The van der Waals surface area contributed by atoms with E-state index in [4.69, 9.17) is 0 Å². The normalized spacial score (nSPS) is 18.0. The van der Waals surface area contributed by atoms with Crippen LogP contribution in [0.1, 0.15) is 24.8 Å². The maximum Gasteiger partial charge on any atom is 0.243 e. The van der Waals surface area contributed by atoms with Gasteiger partial charge in [-0.15, -0.1) is 0 Å². The van der Waals surface area contributed by atoms with E-state index in [0.29, 0.717) is 6.54 Å². The predicted octanol–water partition coefficient (Wildman–Crippen LogP) is 1.15. The summed E-state index contributed by atoms with van der Waals surface area (Å²) in [5, 5.41) is 2.88. The molecule has 1 aromatic heterocycles. The summed E-state index contributed by atoms with van der Waals surface area (Å²) in [7, 11) is 3.60. The van der Waals surface area contributed by atoms with Gasteiger partial charge in [-0.2, -0.15) is 0 Å². The molecule has 2 heterocycles. The standard InChI is InChI=1S/C18H26N4O2/c1-21(2)18(24)16-5-3-13-22(16)14-4-10-20-17(23)7-6-15-8-11-19-12-9-15/h6-9,11-12,16H,3-5,10,13-14H2,1-2H3,(H,20,23)/b7-6-/t16-/m0/s1. The van der Waals surface area contributed by atoms with Crippen LogP contribution in [0.2, 0.25) is 0 Å². The topological polar surface area (TPSA) is 65.5 Å². The monoisotopic (exact) mass is 330 g/mol. The molecule has 0 unspecified atom stereocenters. The van der Waals surface area contributed by atoms with Gasteiger partial charge in [0.15, 0.2) is 0 Å². The highest BCUT2D eigenvalue weighted by molar-refractivity contribution is 5.91. The minimum absolute atomic E-state index is 0.00212. The summed E-state index contributed by atoms with van der Waals surface area (Å²) < 4.78 is 0. The molecule has 1 aliphatic rings. The molecule has 0 radical (unpaired) electrons. The molecular formula is C18H26N4O2. The zero-order valence-electron chi connectivity index (χ0n) is 14.4. The van der Waals surface area contributed by atoms with Gasteiger partial charge in [-0.1, -0.05) is 0 Å². The summed E-state index contributed by atoms with van der Waals surface area (Å²) in [6.45, 7) is 2.40. The zero-order chi connectivity index (χ0) is 17.4. The molecule has 0 bridgehead atoms. The van der Waals surface area contributed by atoms with Crippen molar-refractivity contribution in [3.63, 3.8) is 0 Å². The molecule has 0 spiro atoms. The second-order valence-corrected chi connectivity index (χ2v) is 6.19. The summed E-state index contributed by atoms with van der Waals surface area (Å²) in [6, 6.07) is 3.69. The first kappa shape index (κ1) is 18.1. The minimum atomic E-state index is -0.103. The SMILES string of the molecule is CN(C)C(=O)[C@@H]1CCCN1CCCNC(=O)/C=C\c1ccncc1. The lowest BCUT2D eigenvalue weighted by molar-refractivity contribution is -0.133. The lowest BCUT2D eigenvalue weighted by Crippen LogP contribution is -2.43. The first-order valence-electron chi connectivity index (χ1n) is 8.39. The highest BCUT2D eigenvalue weighted by atomic mass is 16.2. The number of nitrogens with one attached hydrogen (secondary N) is 1. The molecule has 0 aromatic carbocycles. The number of likely N-dealkylation sites (tertiary alicyclic amines) is 1. The summed E-state index contributed by atoms with van der Waals surface area (Å²) in [6.07, 6.45) is 9.51. The largest absolute Gasteiger partial charge is 0.353 e. The molecule has 2 amide bonds. The Bertz CT molecular complexity index is 572. The smallest absolute Gasteiger partial charge is 0.243 e. The van der Waals surface area contributed by atoms with Crippen LogP contribution in [-0.2, 0) is 9.59 Å². The van der Waals surface area contributed by atoms with Crippen LogP contribution in [0.5, 0.6) is 0 Å². The van der Waals surface area contributed by atoms with Crippen molar-refractivity contribution in [2.24, 2.45) is 0 Å². The van der Waals surface area contributed by atoms with Crippen LogP contribution in [-0.4, -0.2) is 66.4 Å². The van der Waals surface area contributed by atoms with Gasteiger partial charge in [0.05, 0.1) is 6.04 Å². The van der Waals surface area contributed by atoms with Gasteiger partial charge in [-0.3, -0.25) is 19.5 Å². The highest BCUT2D eigenvalue weighted by Crippen LogP contribution is 2.18. The number of amides is 2. The number of carbonyl (C=O) groups excluding carboxylic acids is 2. The van der Waals surface area contributed by atoms with Gasteiger partial charge in [0.25, 0.3) is 0 Å². The van der Waals surface area contributed by atoms with E-state index in [1.165, 1.54) is 6.08 Å². The zero-order valence-corrected chi connectivity index (χ0v) is 14.4. The fourth-order valence-electron chi connectivity index (χ4n) is 2.87. The minimum Gasteiger partial charge on any atom is -0.353 e. The Morgan fingerprint density at radius 2 is 2.12 bits per heavy atom. The molecule has 0 aliphatic carbocycles. The summed E-state index contributed by atoms with van der Waals surface area (Å²) in [5.41, 5.74) is 0.947. The van der Waals surface area contributed by atoms with Crippen LogP contribution in [0.4, 0.5) is 0 Å². The Labute approximate surface area is 143 Å². The molecule has 2 rings (SSSR count). The third-order valence-electron chi connectivity index (χ3n) is 4.14. The van der Waals surface area contributed by atoms with Gasteiger partial charge >= 0.3 is 0 Å². The van der Waals surface area contributed by atoms with Crippen molar-refractivity contribution in [2.45, 2.75) is 25.3 Å². The number of likely N-dealkylation sites (N-methyl/N-ethyl adjacent to an activating group) is 1. The molecule has 1 N–H and O–H groups in total. The van der Waals surface area contributed by atoms with Gasteiger partial charge in [-0.25, -0.2) is 0 Å². The van der Waals surface area contributed by atoms with E-state index < -0.39 is 0 Å². The quantitative estimate of drug-likeness (QED) is 0.602. The maximum atomic E-state index is 12.1. The van der Waals surface area contributed by atoms with Gasteiger partial charge in [-0.05, 0) is 49.6 Å². The molecule has 1 saturated heterocycles. The Kier molecular flexibility index (Phi) is 6.93. The molecule has 1 aromatic rings. The maximum absolute atomic E-state index is 12.1. The van der Waals surface area contributed by atoms with Crippen LogP contribution in [0.15, 0.2) is 30.6 Å². The average molecular weight is 330 g/mol. The Morgan fingerprint density at radius 3 is 2.83 bits per heavy atom. The lowest BCUT2D eigenvalue weighted by Gasteiger charge is -2.25. The first-order valence-corrected chi connectivity index (χ1v) is 8.39. The van der Waals surface area contributed by atoms with Gasteiger partial charge in [0.2, 0.25) is 11.8 Å². The molecule has 0 saturated carbocycles. The molecule has 24 heavy (non-hydrogen) atoms. The van der Waals surface area contributed by atoms with Crippen molar-refractivity contribution in [1.82, 2.24) is 20.1 Å². The number of hydrogen-bond acceptors (Lipinski definition) is 4. The molecule has 6 nitrogen and oxygen atoms in total. The average Bonchev–Trinajstić information content (AvgIpc) is 3.05. The van der Waals surface area contributed by atoms with E-state index in [9.17, 15) is 9.59 Å². The van der Waals surface area contributed by atoms with E-state index >= 15 is 0 Å². The Morgan fingerprint density at radius 1 is 1.38 bits per heavy atom. The second-order valence-electron chi connectivity index (χ2n) is 6.19. The third-order valence-corrected chi connectivity index (χ3v) is 4.14. The fourth-order valence-corrected chi connectivity index (χ4v) is 2.87. The van der Waals surface area contributed by atoms with Crippen molar-refractivity contribution in [3.8, 4) is 0 Å². The molecule has 1 aliphatic heterocycles. The van der Waals surface area contributed by atoms with Crippen LogP contribution in [0.3, 0.4) is 0 Å². The van der Waals surface area contributed by atoms with E-state index in [1.807, 2.05) is 12.1 Å². The predicted molar refractivity (Wildman–Crippen MR) is 94.2 cm³/mol. The molecule has 1 atom stereocenters. The number of hydrogen-bond donors (Lipinski definition) is 1. The van der Waals surface area contributed by atoms with Crippen molar-refractivity contribution in [3.05, 3.63) is 36.2 Å². The van der Waals surface area contributed by atoms with Gasteiger partial charge in [0, 0.05) is 45.7 Å². The first-order chi connectivity index (χ1) is 11.6. The number of pyridine rings is 1. The number of nitrogens with zero attached hydrogens (tertiary/aromatic N) is 3. The van der Waals surface area contributed by atoms with Gasteiger partial charge in [0.1, 0.15) is 0 Å². The Hall–Kier alpha value is -2.21.